The lowest BCUT2D eigenvalue weighted by molar-refractivity contribution is 0.0590. The highest BCUT2D eigenvalue weighted by molar-refractivity contribution is 7.94. The van der Waals surface area contributed by atoms with Gasteiger partial charge in [0, 0.05) is 6.20 Å². The minimum absolute atomic E-state index is 0.166. The Morgan fingerprint density at radius 2 is 2.10 bits per heavy atom. The first-order valence-electron chi connectivity index (χ1n) is 5.41. The Bertz CT molecular complexity index is 722. The van der Waals surface area contributed by atoms with Crippen LogP contribution in [-0.2, 0) is 14.8 Å². The monoisotopic (exact) mass is 313 g/mol. The van der Waals surface area contributed by atoms with Gasteiger partial charge in [0.15, 0.2) is 9.90 Å². The van der Waals surface area contributed by atoms with Crippen LogP contribution in [0.15, 0.2) is 28.0 Å². The van der Waals surface area contributed by atoms with Gasteiger partial charge in [-0.3, -0.25) is 4.72 Å². The van der Waals surface area contributed by atoms with Crippen molar-refractivity contribution in [3.63, 3.8) is 0 Å². The number of carbonyl (C=O) groups excluding carboxylic acids is 1. The highest BCUT2D eigenvalue weighted by Gasteiger charge is 2.26. The summed E-state index contributed by atoms with van der Waals surface area (Å²) in [6, 6.07) is 3.25. The molecule has 0 saturated heterocycles. The Morgan fingerprint density at radius 1 is 1.35 bits per heavy atom. The zero-order valence-corrected chi connectivity index (χ0v) is 12.3. The van der Waals surface area contributed by atoms with Crippen LogP contribution in [0.1, 0.15) is 16.1 Å². The molecule has 2 rings (SSSR count). The number of nitrogens with zero attached hydrogens (tertiary/aromatic N) is 2. The molecule has 0 amide bonds. The van der Waals surface area contributed by atoms with Gasteiger partial charge in [-0.15, -0.1) is 11.3 Å². The van der Waals surface area contributed by atoms with Gasteiger partial charge in [-0.2, -0.15) is 0 Å². The molecule has 0 aliphatic carbocycles. The molecule has 106 valence electrons. The molecule has 0 radical (unpaired) electrons. The number of aromatic nitrogens is 2. The van der Waals surface area contributed by atoms with Crippen molar-refractivity contribution in [3.8, 4) is 0 Å². The molecule has 0 fully saturated rings. The van der Waals surface area contributed by atoms with E-state index in [2.05, 4.69) is 19.4 Å². The maximum atomic E-state index is 12.2. The number of nitrogens with one attached hydrogen (secondary N) is 1. The number of hydrogen-bond acceptors (Lipinski definition) is 7. The van der Waals surface area contributed by atoms with Crippen molar-refractivity contribution in [2.75, 3.05) is 11.8 Å². The lowest BCUT2D eigenvalue weighted by Crippen LogP contribution is -2.16. The van der Waals surface area contributed by atoms with Crippen LogP contribution in [-0.4, -0.2) is 31.5 Å². The molecule has 7 nitrogen and oxygen atoms in total. The quantitative estimate of drug-likeness (QED) is 0.857. The van der Waals surface area contributed by atoms with Crippen LogP contribution in [0.4, 0.5) is 5.82 Å². The summed E-state index contributed by atoms with van der Waals surface area (Å²) in [6.07, 6.45) is 1.53. The molecule has 0 aliphatic heterocycles. The number of hydrogen-bond donors (Lipinski definition) is 1. The summed E-state index contributed by atoms with van der Waals surface area (Å²) >= 11 is 0.832. The molecule has 0 spiro atoms. The van der Waals surface area contributed by atoms with E-state index >= 15 is 0 Å². The zero-order chi connectivity index (χ0) is 14.8. The molecule has 2 aromatic heterocycles. The van der Waals surface area contributed by atoms with Crippen molar-refractivity contribution in [3.05, 3.63) is 35.1 Å². The second-order valence-corrected chi connectivity index (χ2v) is 6.54. The normalized spacial score (nSPS) is 11.1. The van der Waals surface area contributed by atoms with Gasteiger partial charge in [0.1, 0.15) is 5.82 Å². The topological polar surface area (TPSA) is 98.2 Å². The summed E-state index contributed by atoms with van der Waals surface area (Å²) in [5, 5.41) is 0. The van der Waals surface area contributed by atoms with Crippen molar-refractivity contribution in [1.29, 1.82) is 0 Å². The second-order valence-electron chi connectivity index (χ2n) is 3.81. The van der Waals surface area contributed by atoms with Crippen molar-refractivity contribution < 1.29 is 17.9 Å². The fourth-order valence-electron chi connectivity index (χ4n) is 1.37. The zero-order valence-electron chi connectivity index (χ0n) is 10.7. The Labute approximate surface area is 119 Å². The van der Waals surface area contributed by atoms with Gasteiger partial charge >= 0.3 is 5.97 Å². The van der Waals surface area contributed by atoms with E-state index in [1.54, 1.807) is 6.07 Å². The molecular weight excluding hydrogens is 302 g/mol. The average molecular weight is 313 g/mol. The van der Waals surface area contributed by atoms with E-state index in [4.69, 9.17) is 0 Å². The summed E-state index contributed by atoms with van der Waals surface area (Å²) in [7, 11) is -2.77. The van der Waals surface area contributed by atoms with Crippen LogP contribution < -0.4 is 4.72 Å². The van der Waals surface area contributed by atoms with Gasteiger partial charge in [-0.25, -0.2) is 23.2 Å². The molecule has 9 heteroatoms. The van der Waals surface area contributed by atoms with E-state index in [0.29, 0.717) is 0 Å². The molecule has 0 atom stereocenters. The lowest BCUT2D eigenvalue weighted by Gasteiger charge is -2.06. The van der Waals surface area contributed by atoms with E-state index < -0.39 is 16.0 Å². The molecule has 20 heavy (non-hydrogen) atoms. The summed E-state index contributed by atoms with van der Waals surface area (Å²) in [6.45, 7) is 1.84. The largest absolute Gasteiger partial charge is 0.464 e. The van der Waals surface area contributed by atoms with E-state index in [1.165, 1.54) is 17.8 Å². The first-order chi connectivity index (χ1) is 9.44. The first-order valence-corrected chi connectivity index (χ1v) is 7.77. The van der Waals surface area contributed by atoms with Crippen LogP contribution in [0, 0.1) is 6.92 Å². The standard InChI is InChI=1S/C11H11N3O4S2/c1-7-3-4-8(12-5-7)14-20(16,17)11-9(10(15)18-2)13-6-19-11/h3-6H,1-2H3,(H,12,14). The number of anilines is 1. The Morgan fingerprint density at radius 3 is 2.70 bits per heavy atom. The second kappa shape index (κ2) is 5.55. The number of carbonyl (C=O) groups is 1. The van der Waals surface area contributed by atoms with Crippen LogP contribution >= 0.6 is 11.3 Å². The fraction of sp³-hybridized carbons (Fsp3) is 0.182. The van der Waals surface area contributed by atoms with Crippen LogP contribution in [0.25, 0.3) is 0 Å². The molecule has 0 saturated carbocycles. The van der Waals surface area contributed by atoms with Crippen molar-refractivity contribution in [1.82, 2.24) is 9.97 Å². The Kier molecular flexibility index (Phi) is 4.00. The summed E-state index contributed by atoms with van der Waals surface area (Å²) in [4.78, 5) is 19.1. The smallest absolute Gasteiger partial charge is 0.358 e. The van der Waals surface area contributed by atoms with E-state index in [1.807, 2.05) is 6.92 Å². The summed E-state index contributed by atoms with van der Waals surface area (Å²) in [5.41, 5.74) is 1.93. The number of esters is 1. The number of aryl methyl sites for hydroxylation is 1. The van der Waals surface area contributed by atoms with Crippen molar-refractivity contribution >= 4 is 33.1 Å². The molecule has 2 heterocycles. The molecular formula is C11H11N3O4S2. The predicted molar refractivity (Wildman–Crippen MR) is 73.2 cm³/mol. The van der Waals surface area contributed by atoms with Gasteiger partial charge in [0.25, 0.3) is 10.0 Å². The molecule has 2 aromatic rings. The number of ether oxygens (including phenoxy) is 1. The van der Waals surface area contributed by atoms with Gasteiger partial charge in [0.05, 0.1) is 12.6 Å². The molecule has 0 aromatic carbocycles. The van der Waals surface area contributed by atoms with Crippen molar-refractivity contribution in [2.24, 2.45) is 0 Å². The maximum Gasteiger partial charge on any atom is 0.358 e. The third-order valence-corrected chi connectivity index (χ3v) is 5.03. The maximum absolute atomic E-state index is 12.2. The number of sulfonamides is 1. The van der Waals surface area contributed by atoms with E-state index in [-0.39, 0.29) is 15.7 Å². The van der Waals surface area contributed by atoms with E-state index in [9.17, 15) is 13.2 Å². The minimum atomic E-state index is -3.93. The molecule has 0 unspecified atom stereocenters. The average Bonchev–Trinajstić information content (AvgIpc) is 2.90. The predicted octanol–water partition coefficient (Wildman–Crippen LogP) is 1.43. The number of thiazole rings is 1. The molecule has 0 bridgehead atoms. The SMILES string of the molecule is COC(=O)c1ncsc1S(=O)(=O)Nc1ccc(C)cn1. The third-order valence-electron chi connectivity index (χ3n) is 2.31. The number of methoxy groups -OCH3 is 1. The van der Waals surface area contributed by atoms with Gasteiger partial charge < -0.3 is 4.74 Å². The Hall–Kier alpha value is -2.00. The first kappa shape index (κ1) is 14.4. The highest BCUT2D eigenvalue weighted by Crippen LogP contribution is 2.23. The molecule has 1 N–H and O–H groups in total. The minimum Gasteiger partial charge on any atom is -0.464 e. The van der Waals surface area contributed by atoms with Crippen LogP contribution in [0.3, 0.4) is 0 Å². The number of rotatable bonds is 4. The van der Waals surface area contributed by atoms with Crippen LogP contribution in [0.2, 0.25) is 0 Å². The highest BCUT2D eigenvalue weighted by atomic mass is 32.2. The third kappa shape index (κ3) is 2.94. The Balaban J connectivity index is 2.34. The lowest BCUT2D eigenvalue weighted by atomic mass is 10.3. The van der Waals surface area contributed by atoms with Crippen LogP contribution in [0.5, 0.6) is 0 Å². The van der Waals surface area contributed by atoms with Gasteiger partial charge in [-0.1, -0.05) is 6.07 Å². The van der Waals surface area contributed by atoms with Gasteiger partial charge in [-0.05, 0) is 18.6 Å². The molecule has 0 aliphatic rings. The van der Waals surface area contributed by atoms with Gasteiger partial charge in [0.2, 0.25) is 0 Å². The van der Waals surface area contributed by atoms with E-state index in [0.717, 1.165) is 24.0 Å². The van der Waals surface area contributed by atoms with Crippen molar-refractivity contribution in [2.45, 2.75) is 11.1 Å². The summed E-state index contributed by atoms with van der Waals surface area (Å²) in [5.74, 6) is -0.636. The summed E-state index contributed by atoms with van der Waals surface area (Å²) < 4.78 is 31.0. The fourth-order valence-corrected chi connectivity index (χ4v) is 3.51. The number of pyridine rings is 1.